The topological polar surface area (TPSA) is 55.3 Å². The van der Waals surface area contributed by atoms with E-state index >= 15 is 0 Å². The zero-order valence-electron chi connectivity index (χ0n) is 11.1. The zero-order valence-corrected chi connectivity index (χ0v) is 11.1. The smallest absolute Gasteiger partial charge is 0.292 e. The Bertz CT molecular complexity index is 514. The van der Waals surface area contributed by atoms with Gasteiger partial charge in [0.15, 0.2) is 0 Å². The molecule has 0 radical (unpaired) electrons. The van der Waals surface area contributed by atoms with Crippen molar-refractivity contribution in [3.63, 3.8) is 0 Å². The lowest BCUT2D eigenvalue weighted by Crippen LogP contribution is -2.08. The van der Waals surface area contributed by atoms with E-state index in [1.54, 1.807) is 0 Å². The van der Waals surface area contributed by atoms with Crippen LogP contribution < -0.4 is 10.6 Å². The first-order valence-corrected chi connectivity index (χ1v) is 6.04. The summed E-state index contributed by atoms with van der Waals surface area (Å²) in [6.07, 6.45) is 1.76. The molecule has 0 aliphatic carbocycles. The number of benzene rings is 1. The molecule has 4 heteroatoms. The molecule has 0 atom stereocenters. The van der Waals surface area contributed by atoms with E-state index in [4.69, 9.17) is 10.2 Å². The zero-order chi connectivity index (χ0) is 13.1. The molecule has 1 aromatic carbocycles. The number of aromatic nitrogens is 1. The first kappa shape index (κ1) is 12.5. The van der Waals surface area contributed by atoms with E-state index in [0.717, 1.165) is 24.3 Å². The molecule has 1 heterocycles. The average molecular weight is 245 g/mol. The van der Waals surface area contributed by atoms with Gasteiger partial charge in [0.05, 0.1) is 5.69 Å². The predicted octanol–water partition coefficient (Wildman–Crippen LogP) is 2.42. The largest absolute Gasteiger partial charge is 0.429 e. The summed E-state index contributed by atoms with van der Waals surface area (Å²) >= 11 is 0. The lowest BCUT2D eigenvalue weighted by molar-refractivity contribution is 0.519. The molecule has 2 rings (SSSR count). The third kappa shape index (κ3) is 2.83. The molecule has 2 N–H and O–H groups in total. The third-order valence-corrected chi connectivity index (χ3v) is 3.00. The van der Waals surface area contributed by atoms with Gasteiger partial charge in [-0.3, -0.25) is 0 Å². The van der Waals surface area contributed by atoms with Crippen molar-refractivity contribution in [1.82, 2.24) is 4.98 Å². The summed E-state index contributed by atoms with van der Waals surface area (Å²) in [6.45, 7) is 1.92. The summed E-state index contributed by atoms with van der Waals surface area (Å²) < 4.78 is 5.36. The fraction of sp³-hybridized carbons (Fsp3) is 0.357. The molecule has 0 unspecified atom stereocenters. The number of rotatable bonds is 4. The first-order valence-electron chi connectivity index (χ1n) is 6.04. The van der Waals surface area contributed by atoms with E-state index in [-0.39, 0.29) is 6.01 Å². The van der Waals surface area contributed by atoms with Crippen molar-refractivity contribution < 1.29 is 4.42 Å². The van der Waals surface area contributed by atoms with Gasteiger partial charge in [-0.05, 0) is 31.0 Å². The molecule has 0 amide bonds. The van der Waals surface area contributed by atoms with Crippen molar-refractivity contribution in [2.45, 2.75) is 19.8 Å². The lowest BCUT2D eigenvalue weighted by Gasteiger charge is -2.12. The highest BCUT2D eigenvalue weighted by Gasteiger charge is 2.07. The van der Waals surface area contributed by atoms with Crippen molar-refractivity contribution in [2.24, 2.45) is 0 Å². The van der Waals surface area contributed by atoms with Crippen LogP contribution >= 0.6 is 0 Å². The van der Waals surface area contributed by atoms with Gasteiger partial charge < -0.3 is 15.1 Å². The average Bonchev–Trinajstić information content (AvgIpc) is 2.66. The third-order valence-electron chi connectivity index (χ3n) is 3.00. The Morgan fingerprint density at radius 2 is 1.83 bits per heavy atom. The molecule has 18 heavy (non-hydrogen) atoms. The summed E-state index contributed by atoms with van der Waals surface area (Å²) in [5, 5.41) is 0. The van der Waals surface area contributed by atoms with E-state index < -0.39 is 0 Å². The van der Waals surface area contributed by atoms with Gasteiger partial charge in [-0.25, -0.2) is 0 Å². The van der Waals surface area contributed by atoms with Crippen molar-refractivity contribution in [1.29, 1.82) is 0 Å². The van der Waals surface area contributed by atoms with Gasteiger partial charge in [-0.15, -0.1) is 0 Å². The van der Waals surface area contributed by atoms with Gasteiger partial charge in [0.25, 0.3) is 6.01 Å². The van der Waals surface area contributed by atoms with E-state index in [1.165, 1.54) is 11.3 Å². The molecule has 96 valence electrons. The summed E-state index contributed by atoms with van der Waals surface area (Å²) in [6, 6.07) is 8.79. The van der Waals surface area contributed by atoms with Gasteiger partial charge in [0, 0.05) is 26.2 Å². The number of nitrogens with two attached hydrogens (primary N) is 1. The maximum absolute atomic E-state index is 5.52. The second-order valence-electron chi connectivity index (χ2n) is 4.62. The van der Waals surface area contributed by atoms with Crippen molar-refractivity contribution in [3.05, 3.63) is 41.3 Å². The molecule has 0 spiro atoms. The molecule has 4 nitrogen and oxygen atoms in total. The summed E-state index contributed by atoms with van der Waals surface area (Å²) in [5.41, 5.74) is 8.90. The highest BCUT2D eigenvalue weighted by Crippen LogP contribution is 2.17. The van der Waals surface area contributed by atoms with Crippen LogP contribution in [-0.2, 0) is 12.8 Å². The van der Waals surface area contributed by atoms with Crippen LogP contribution in [0.25, 0.3) is 0 Å². The molecule has 0 aliphatic heterocycles. The van der Waals surface area contributed by atoms with Crippen LogP contribution in [-0.4, -0.2) is 19.1 Å². The Morgan fingerprint density at radius 1 is 1.17 bits per heavy atom. The summed E-state index contributed by atoms with van der Waals surface area (Å²) in [7, 11) is 4.07. The van der Waals surface area contributed by atoms with Crippen LogP contribution in [0.4, 0.5) is 11.7 Å². The normalized spacial score (nSPS) is 10.6. The maximum Gasteiger partial charge on any atom is 0.292 e. The molecule has 0 saturated heterocycles. The minimum Gasteiger partial charge on any atom is -0.429 e. The minimum atomic E-state index is 0.255. The summed E-state index contributed by atoms with van der Waals surface area (Å²) in [5.74, 6) is 0.879. The molecule has 0 saturated carbocycles. The number of aryl methyl sites for hydroxylation is 3. The first-order chi connectivity index (χ1) is 8.56. The number of hydrogen-bond donors (Lipinski definition) is 1. The fourth-order valence-corrected chi connectivity index (χ4v) is 1.90. The van der Waals surface area contributed by atoms with Gasteiger partial charge in [-0.1, -0.05) is 12.1 Å². The Kier molecular flexibility index (Phi) is 3.55. The molecule has 0 bridgehead atoms. The molecule has 0 aliphatic rings. The van der Waals surface area contributed by atoms with Gasteiger partial charge in [0.2, 0.25) is 0 Å². The maximum atomic E-state index is 5.52. The summed E-state index contributed by atoms with van der Waals surface area (Å²) in [4.78, 5) is 6.15. The molecular weight excluding hydrogens is 226 g/mol. The SMILES string of the molecule is Cc1nc(N)oc1CCc1ccc(N(C)C)cc1. The number of nitrogens with zero attached hydrogens (tertiary/aromatic N) is 2. The molecule has 1 aromatic heterocycles. The highest BCUT2D eigenvalue weighted by atomic mass is 16.4. The fourth-order valence-electron chi connectivity index (χ4n) is 1.90. The Hall–Kier alpha value is -1.97. The Morgan fingerprint density at radius 3 is 2.33 bits per heavy atom. The molecular formula is C14H19N3O. The Labute approximate surface area is 107 Å². The van der Waals surface area contributed by atoms with Gasteiger partial charge >= 0.3 is 0 Å². The lowest BCUT2D eigenvalue weighted by atomic mass is 10.1. The van der Waals surface area contributed by atoms with Crippen LogP contribution in [0.15, 0.2) is 28.7 Å². The van der Waals surface area contributed by atoms with Crippen molar-refractivity contribution in [3.8, 4) is 0 Å². The van der Waals surface area contributed by atoms with Crippen LogP contribution in [0.1, 0.15) is 17.0 Å². The quantitative estimate of drug-likeness (QED) is 0.898. The second kappa shape index (κ2) is 5.12. The standard InChI is InChI=1S/C14H19N3O/c1-10-13(18-14(15)16-10)9-6-11-4-7-12(8-5-11)17(2)3/h4-5,7-8H,6,9H2,1-3H3,(H2,15,16). The molecule has 0 fully saturated rings. The van der Waals surface area contributed by atoms with Crippen LogP contribution in [0.5, 0.6) is 0 Å². The van der Waals surface area contributed by atoms with Crippen LogP contribution in [0, 0.1) is 6.92 Å². The van der Waals surface area contributed by atoms with Crippen LogP contribution in [0.3, 0.4) is 0 Å². The van der Waals surface area contributed by atoms with E-state index in [9.17, 15) is 0 Å². The number of anilines is 2. The van der Waals surface area contributed by atoms with E-state index in [2.05, 4.69) is 34.1 Å². The van der Waals surface area contributed by atoms with E-state index in [0.29, 0.717) is 0 Å². The van der Waals surface area contributed by atoms with Crippen molar-refractivity contribution >= 4 is 11.7 Å². The number of hydrogen-bond acceptors (Lipinski definition) is 4. The van der Waals surface area contributed by atoms with Gasteiger partial charge in [-0.2, -0.15) is 4.98 Å². The minimum absolute atomic E-state index is 0.255. The second-order valence-corrected chi connectivity index (χ2v) is 4.62. The predicted molar refractivity (Wildman–Crippen MR) is 73.8 cm³/mol. The van der Waals surface area contributed by atoms with Crippen molar-refractivity contribution in [2.75, 3.05) is 24.7 Å². The highest BCUT2D eigenvalue weighted by molar-refractivity contribution is 5.46. The monoisotopic (exact) mass is 245 g/mol. The Balaban J connectivity index is 2.00. The number of oxazole rings is 1. The molecule has 2 aromatic rings. The van der Waals surface area contributed by atoms with Crippen LogP contribution in [0.2, 0.25) is 0 Å². The van der Waals surface area contributed by atoms with Gasteiger partial charge in [0.1, 0.15) is 5.76 Å². The van der Waals surface area contributed by atoms with E-state index in [1.807, 2.05) is 21.0 Å². The number of nitrogen functional groups attached to an aromatic ring is 1.